The van der Waals surface area contributed by atoms with Crippen molar-refractivity contribution in [2.24, 2.45) is 5.92 Å². The van der Waals surface area contributed by atoms with E-state index in [0.29, 0.717) is 24.2 Å². The van der Waals surface area contributed by atoms with Crippen LogP contribution in [-0.4, -0.2) is 18.8 Å². The lowest BCUT2D eigenvalue weighted by Gasteiger charge is -2.30. The third-order valence-electron chi connectivity index (χ3n) is 4.61. The predicted molar refractivity (Wildman–Crippen MR) is 78.3 cm³/mol. The van der Waals surface area contributed by atoms with Gasteiger partial charge in [0.2, 0.25) is 0 Å². The van der Waals surface area contributed by atoms with Crippen molar-refractivity contribution >= 4 is 0 Å². The summed E-state index contributed by atoms with van der Waals surface area (Å²) >= 11 is 0. The summed E-state index contributed by atoms with van der Waals surface area (Å²) in [5.74, 6) is 0.653. The first-order valence-electron chi connectivity index (χ1n) is 7.64. The smallest absolute Gasteiger partial charge is 0.0627 e. The molecule has 2 heteroatoms. The Labute approximate surface area is 116 Å². The third kappa shape index (κ3) is 2.56. The number of hydrogen-bond acceptors (Lipinski definition) is 2. The van der Waals surface area contributed by atoms with Gasteiger partial charge in [0.25, 0.3) is 0 Å². The Morgan fingerprint density at radius 1 is 1.21 bits per heavy atom. The molecule has 2 aliphatic rings. The molecule has 2 nitrogen and oxygen atoms in total. The van der Waals surface area contributed by atoms with Crippen molar-refractivity contribution in [3.8, 4) is 0 Å². The monoisotopic (exact) mass is 259 g/mol. The lowest BCUT2D eigenvalue weighted by atomic mass is 9.80. The van der Waals surface area contributed by atoms with E-state index >= 15 is 0 Å². The molecular weight excluding hydrogens is 234 g/mol. The highest BCUT2D eigenvalue weighted by Crippen LogP contribution is 2.44. The maximum Gasteiger partial charge on any atom is 0.0627 e. The maximum atomic E-state index is 6.05. The van der Waals surface area contributed by atoms with Gasteiger partial charge in [-0.1, -0.05) is 36.2 Å². The lowest BCUT2D eigenvalue weighted by molar-refractivity contribution is 0.0858. The zero-order valence-corrected chi connectivity index (χ0v) is 12.3. The number of hydrogen-bond donors (Lipinski definition) is 1. The van der Waals surface area contributed by atoms with Crippen molar-refractivity contribution in [3.05, 3.63) is 34.9 Å². The maximum absolute atomic E-state index is 6.05. The van der Waals surface area contributed by atoms with Gasteiger partial charge in [0.1, 0.15) is 0 Å². The molecule has 0 saturated carbocycles. The molecule has 2 heterocycles. The first kappa shape index (κ1) is 13.1. The first-order valence-corrected chi connectivity index (χ1v) is 7.64. The quantitative estimate of drug-likeness (QED) is 0.893. The van der Waals surface area contributed by atoms with E-state index < -0.39 is 0 Å². The molecule has 0 aliphatic carbocycles. The molecule has 1 aromatic rings. The average Bonchev–Trinajstić information content (AvgIpc) is 2.96. The molecular formula is C17H25NO. The summed E-state index contributed by atoms with van der Waals surface area (Å²) in [5, 5.41) is 3.70. The Morgan fingerprint density at radius 3 is 2.47 bits per heavy atom. The second-order valence-electron chi connectivity index (χ2n) is 6.23. The van der Waals surface area contributed by atoms with Crippen molar-refractivity contribution in [1.82, 2.24) is 5.32 Å². The number of fused-ring (bicyclic) bond motifs is 2. The van der Waals surface area contributed by atoms with Gasteiger partial charge >= 0.3 is 0 Å². The molecule has 1 N–H and O–H groups in total. The molecule has 0 spiro atoms. The Balaban J connectivity index is 1.87. The zero-order valence-electron chi connectivity index (χ0n) is 12.3. The predicted octanol–water partition coefficient (Wildman–Crippen LogP) is 3.52. The summed E-state index contributed by atoms with van der Waals surface area (Å²) < 4.78 is 6.05. The van der Waals surface area contributed by atoms with Crippen molar-refractivity contribution < 1.29 is 4.74 Å². The Morgan fingerprint density at radius 2 is 1.95 bits per heavy atom. The highest BCUT2D eigenvalue weighted by atomic mass is 16.5. The molecule has 0 aromatic heterocycles. The molecule has 19 heavy (non-hydrogen) atoms. The van der Waals surface area contributed by atoms with Crippen molar-refractivity contribution in [2.45, 2.75) is 58.3 Å². The lowest BCUT2D eigenvalue weighted by Crippen LogP contribution is -2.33. The van der Waals surface area contributed by atoms with Gasteiger partial charge in [0, 0.05) is 12.0 Å². The molecule has 2 fully saturated rings. The average molecular weight is 259 g/mol. The normalized spacial score (nSPS) is 30.8. The van der Waals surface area contributed by atoms with Crippen LogP contribution in [0.4, 0.5) is 0 Å². The van der Waals surface area contributed by atoms with Gasteiger partial charge in [-0.3, -0.25) is 0 Å². The fourth-order valence-corrected chi connectivity index (χ4v) is 3.95. The van der Waals surface area contributed by atoms with Crippen LogP contribution in [0, 0.1) is 19.8 Å². The Kier molecular flexibility index (Phi) is 3.64. The largest absolute Gasteiger partial charge is 0.375 e. The molecule has 1 aromatic carbocycles. The van der Waals surface area contributed by atoms with Crippen LogP contribution in [0.1, 0.15) is 48.9 Å². The van der Waals surface area contributed by atoms with Crippen LogP contribution in [0.2, 0.25) is 0 Å². The highest BCUT2D eigenvalue weighted by molar-refractivity contribution is 5.31. The van der Waals surface area contributed by atoms with Gasteiger partial charge < -0.3 is 10.1 Å². The van der Waals surface area contributed by atoms with E-state index in [1.165, 1.54) is 36.0 Å². The summed E-state index contributed by atoms with van der Waals surface area (Å²) in [6.45, 7) is 7.60. The molecule has 3 rings (SSSR count). The SMILES string of the molecule is CCNC(c1cc(C)cc(C)c1)C1CC2CCC1O2. The third-order valence-corrected chi connectivity index (χ3v) is 4.61. The van der Waals surface area contributed by atoms with E-state index in [1.807, 2.05) is 0 Å². The van der Waals surface area contributed by atoms with Crippen LogP contribution in [-0.2, 0) is 4.74 Å². The van der Waals surface area contributed by atoms with Gasteiger partial charge in [-0.15, -0.1) is 0 Å². The topological polar surface area (TPSA) is 21.3 Å². The fraction of sp³-hybridized carbons (Fsp3) is 0.647. The highest BCUT2D eigenvalue weighted by Gasteiger charge is 2.44. The molecule has 2 aliphatic heterocycles. The fourth-order valence-electron chi connectivity index (χ4n) is 3.95. The van der Waals surface area contributed by atoms with E-state index in [4.69, 9.17) is 4.74 Å². The second-order valence-corrected chi connectivity index (χ2v) is 6.23. The number of aryl methyl sites for hydroxylation is 2. The van der Waals surface area contributed by atoms with Crippen LogP contribution in [0.25, 0.3) is 0 Å². The van der Waals surface area contributed by atoms with Crippen molar-refractivity contribution in [2.75, 3.05) is 6.54 Å². The molecule has 2 bridgehead atoms. The van der Waals surface area contributed by atoms with E-state index in [9.17, 15) is 0 Å². The minimum Gasteiger partial charge on any atom is -0.375 e. The Hall–Kier alpha value is -0.860. The van der Waals surface area contributed by atoms with E-state index in [0.717, 1.165) is 6.54 Å². The van der Waals surface area contributed by atoms with Crippen LogP contribution in [0.15, 0.2) is 18.2 Å². The molecule has 4 unspecified atom stereocenters. The zero-order chi connectivity index (χ0) is 13.4. The van der Waals surface area contributed by atoms with E-state index in [-0.39, 0.29) is 0 Å². The summed E-state index contributed by atoms with van der Waals surface area (Å²) in [5.41, 5.74) is 4.17. The first-order chi connectivity index (χ1) is 9.17. The van der Waals surface area contributed by atoms with Crippen LogP contribution < -0.4 is 5.32 Å². The molecule has 104 valence electrons. The van der Waals surface area contributed by atoms with Crippen molar-refractivity contribution in [1.29, 1.82) is 0 Å². The molecule has 2 saturated heterocycles. The minimum atomic E-state index is 0.457. The van der Waals surface area contributed by atoms with Gasteiger partial charge in [-0.25, -0.2) is 0 Å². The number of benzene rings is 1. The van der Waals surface area contributed by atoms with Crippen LogP contribution in [0.3, 0.4) is 0 Å². The Bertz CT molecular complexity index is 436. The summed E-state index contributed by atoms with van der Waals surface area (Å²) in [6, 6.07) is 7.39. The number of rotatable bonds is 4. The minimum absolute atomic E-state index is 0.457. The summed E-state index contributed by atoms with van der Waals surface area (Å²) in [6.07, 6.45) is 4.77. The van der Waals surface area contributed by atoms with Crippen LogP contribution in [0.5, 0.6) is 0 Å². The van der Waals surface area contributed by atoms with Crippen LogP contribution >= 0.6 is 0 Å². The number of nitrogens with one attached hydrogen (secondary N) is 1. The molecule has 0 radical (unpaired) electrons. The number of ether oxygens (including phenoxy) is 1. The van der Waals surface area contributed by atoms with Gasteiger partial charge in [-0.05, 0) is 45.2 Å². The van der Waals surface area contributed by atoms with Gasteiger partial charge in [0.15, 0.2) is 0 Å². The summed E-state index contributed by atoms with van der Waals surface area (Å²) in [7, 11) is 0. The second kappa shape index (κ2) is 5.26. The van der Waals surface area contributed by atoms with E-state index in [1.54, 1.807) is 0 Å². The standard InChI is InChI=1S/C17H25NO/c1-4-18-17(13-8-11(2)7-12(3)9-13)15-10-14-5-6-16(15)19-14/h7-9,14-18H,4-6,10H2,1-3H3. The van der Waals surface area contributed by atoms with Gasteiger partial charge in [-0.2, -0.15) is 0 Å². The van der Waals surface area contributed by atoms with Crippen molar-refractivity contribution in [3.63, 3.8) is 0 Å². The molecule has 4 atom stereocenters. The van der Waals surface area contributed by atoms with Gasteiger partial charge in [0.05, 0.1) is 12.2 Å². The summed E-state index contributed by atoms with van der Waals surface area (Å²) in [4.78, 5) is 0. The molecule has 0 amide bonds. The van der Waals surface area contributed by atoms with E-state index in [2.05, 4.69) is 44.3 Å².